The minimum Gasteiger partial charge on any atom is -0.491 e. The highest BCUT2D eigenvalue weighted by Crippen LogP contribution is 2.32. The Kier molecular flexibility index (Phi) is 5.67. The van der Waals surface area contributed by atoms with Gasteiger partial charge in [-0.15, -0.1) is 0 Å². The van der Waals surface area contributed by atoms with Gasteiger partial charge < -0.3 is 24.0 Å². The summed E-state index contributed by atoms with van der Waals surface area (Å²) in [7, 11) is 2.92. The molecule has 0 spiro atoms. The first-order valence-electron chi connectivity index (χ1n) is 9.78. The normalized spacial score (nSPS) is 18.2. The van der Waals surface area contributed by atoms with Crippen molar-refractivity contribution >= 4 is 11.9 Å². The number of nitrogens with zero attached hydrogens (tertiary/aromatic N) is 5. The van der Waals surface area contributed by atoms with Crippen LogP contribution in [0.15, 0.2) is 24.7 Å². The Morgan fingerprint density at radius 2 is 2.03 bits per heavy atom. The summed E-state index contributed by atoms with van der Waals surface area (Å²) in [6.07, 6.45) is 5.41. The number of rotatable bonds is 4. The van der Waals surface area contributed by atoms with Crippen molar-refractivity contribution in [1.82, 2.24) is 19.9 Å². The average Bonchev–Trinajstić information content (AvgIpc) is 3.01. The minimum absolute atomic E-state index is 0.0671. The number of carbonyl (C=O) groups excluding carboxylic acids is 1. The molecule has 2 aromatic heterocycles. The number of pyridine rings is 1. The van der Waals surface area contributed by atoms with E-state index in [9.17, 15) is 9.18 Å². The maximum atomic E-state index is 13.6. The van der Waals surface area contributed by atoms with Crippen molar-refractivity contribution in [3.8, 4) is 11.6 Å². The molecule has 1 amide bonds. The van der Waals surface area contributed by atoms with Crippen LogP contribution in [0.3, 0.4) is 0 Å². The largest absolute Gasteiger partial charge is 0.491 e. The molecule has 0 aromatic carbocycles. The van der Waals surface area contributed by atoms with E-state index >= 15 is 0 Å². The SMILES string of the molecule is COc1nc(N2CCC(OC)(C(=O)N3CCOc4ccncc4C3)CC2)ncc1F. The highest BCUT2D eigenvalue weighted by molar-refractivity contribution is 5.86. The van der Waals surface area contributed by atoms with Gasteiger partial charge in [0.2, 0.25) is 11.8 Å². The van der Waals surface area contributed by atoms with Crippen LogP contribution in [0.2, 0.25) is 0 Å². The number of hydrogen-bond acceptors (Lipinski definition) is 8. The molecule has 4 rings (SSSR count). The van der Waals surface area contributed by atoms with Crippen molar-refractivity contribution < 1.29 is 23.4 Å². The van der Waals surface area contributed by atoms with E-state index in [2.05, 4.69) is 15.0 Å². The second kappa shape index (κ2) is 8.39. The monoisotopic (exact) mass is 417 g/mol. The molecule has 1 fully saturated rings. The van der Waals surface area contributed by atoms with Gasteiger partial charge in [-0.25, -0.2) is 4.98 Å². The highest BCUT2D eigenvalue weighted by Gasteiger charge is 2.45. The Hall–Kier alpha value is -3.01. The molecular formula is C20H24FN5O4. The van der Waals surface area contributed by atoms with Crippen LogP contribution in [0.25, 0.3) is 0 Å². The maximum absolute atomic E-state index is 13.6. The quantitative estimate of drug-likeness (QED) is 0.738. The van der Waals surface area contributed by atoms with E-state index in [4.69, 9.17) is 14.2 Å². The van der Waals surface area contributed by atoms with Gasteiger partial charge in [0.25, 0.3) is 11.8 Å². The number of hydrogen-bond donors (Lipinski definition) is 0. The van der Waals surface area contributed by atoms with Crippen LogP contribution < -0.4 is 14.4 Å². The Morgan fingerprint density at radius 1 is 1.23 bits per heavy atom. The van der Waals surface area contributed by atoms with E-state index in [1.807, 2.05) is 11.0 Å². The predicted molar refractivity (Wildman–Crippen MR) is 105 cm³/mol. The first-order chi connectivity index (χ1) is 14.6. The summed E-state index contributed by atoms with van der Waals surface area (Å²) >= 11 is 0. The van der Waals surface area contributed by atoms with E-state index in [-0.39, 0.29) is 11.8 Å². The molecule has 1 saturated heterocycles. The third kappa shape index (κ3) is 3.74. The number of piperidine rings is 1. The number of fused-ring (bicyclic) bond motifs is 1. The van der Waals surface area contributed by atoms with Crippen LogP contribution in [0.4, 0.5) is 10.3 Å². The van der Waals surface area contributed by atoms with Crippen molar-refractivity contribution in [2.75, 3.05) is 45.4 Å². The minimum atomic E-state index is -0.937. The summed E-state index contributed by atoms with van der Waals surface area (Å²) in [6, 6.07) is 1.81. The van der Waals surface area contributed by atoms with Crippen LogP contribution in [0, 0.1) is 5.82 Å². The number of ether oxygens (including phenoxy) is 3. The standard InChI is InChI=1S/C20H24FN5O4/c1-28-17-15(21)12-23-19(24-17)25-7-4-20(29-2,5-8-25)18(27)26-9-10-30-16-3-6-22-11-14(16)13-26/h3,6,11-12H,4-5,7-10,13H2,1-2H3. The second-order valence-corrected chi connectivity index (χ2v) is 7.27. The van der Waals surface area contributed by atoms with Crippen LogP contribution in [-0.2, 0) is 16.1 Å². The first kappa shape index (κ1) is 20.3. The van der Waals surface area contributed by atoms with Gasteiger partial charge in [0.05, 0.1) is 26.4 Å². The summed E-state index contributed by atoms with van der Waals surface area (Å²) in [4.78, 5) is 29.4. The van der Waals surface area contributed by atoms with E-state index in [0.717, 1.165) is 17.5 Å². The lowest BCUT2D eigenvalue weighted by molar-refractivity contribution is -0.158. The number of anilines is 1. The Balaban J connectivity index is 1.48. The third-order valence-corrected chi connectivity index (χ3v) is 5.65. The Bertz CT molecular complexity index is 920. The summed E-state index contributed by atoms with van der Waals surface area (Å²) in [5.41, 5.74) is -0.0632. The van der Waals surface area contributed by atoms with Crippen LogP contribution in [0.5, 0.6) is 11.6 Å². The molecule has 2 aliphatic rings. The fourth-order valence-electron chi connectivity index (χ4n) is 3.90. The summed E-state index contributed by atoms with van der Waals surface area (Å²) in [5, 5.41) is 0. The zero-order valence-electron chi connectivity index (χ0n) is 17.0. The van der Waals surface area contributed by atoms with Crippen molar-refractivity contribution in [3.63, 3.8) is 0 Å². The van der Waals surface area contributed by atoms with Gasteiger partial charge in [0, 0.05) is 51.0 Å². The van der Waals surface area contributed by atoms with E-state index in [0.29, 0.717) is 51.6 Å². The molecule has 2 aromatic rings. The third-order valence-electron chi connectivity index (χ3n) is 5.65. The molecule has 0 unspecified atom stereocenters. The van der Waals surface area contributed by atoms with Gasteiger partial charge >= 0.3 is 0 Å². The summed E-state index contributed by atoms with van der Waals surface area (Å²) in [6.45, 7) is 2.31. The predicted octanol–water partition coefficient (Wildman–Crippen LogP) is 1.43. The lowest BCUT2D eigenvalue weighted by Crippen LogP contribution is -2.56. The van der Waals surface area contributed by atoms with Gasteiger partial charge in [-0.05, 0) is 6.07 Å². The van der Waals surface area contributed by atoms with Crippen LogP contribution >= 0.6 is 0 Å². The second-order valence-electron chi connectivity index (χ2n) is 7.27. The van der Waals surface area contributed by atoms with Gasteiger partial charge in [-0.1, -0.05) is 0 Å². The topological polar surface area (TPSA) is 89.9 Å². The Labute approximate surface area is 173 Å². The van der Waals surface area contributed by atoms with Gasteiger partial charge in [0.1, 0.15) is 18.0 Å². The molecule has 0 bridgehead atoms. The maximum Gasteiger partial charge on any atom is 0.255 e. The Morgan fingerprint density at radius 3 is 2.77 bits per heavy atom. The fourth-order valence-corrected chi connectivity index (χ4v) is 3.90. The first-order valence-corrected chi connectivity index (χ1v) is 9.78. The molecular weight excluding hydrogens is 393 g/mol. The van der Waals surface area contributed by atoms with Gasteiger partial charge in [0.15, 0.2) is 0 Å². The molecule has 0 atom stereocenters. The van der Waals surface area contributed by atoms with Crippen molar-refractivity contribution in [2.24, 2.45) is 0 Å². The molecule has 160 valence electrons. The lowest BCUT2D eigenvalue weighted by atomic mass is 9.89. The highest BCUT2D eigenvalue weighted by atomic mass is 19.1. The molecule has 2 aliphatic heterocycles. The zero-order chi connectivity index (χ0) is 21.1. The molecule has 30 heavy (non-hydrogen) atoms. The van der Waals surface area contributed by atoms with E-state index in [1.54, 1.807) is 24.4 Å². The van der Waals surface area contributed by atoms with Gasteiger partial charge in [-0.3, -0.25) is 9.78 Å². The molecule has 0 N–H and O–H groups in total. The van der Waals surface area contributed by atoms with Crippen LogP contribution in [0.1, 0.15) is 18.4 Å². The van der Waals surface area contributed by atoms with E-state index in [1.165, 1.54) is 7.11 Å². The number of aromatic nitrogens is 3. The van der Waals surface area contributed by atoms with Crippen LogP contribution in [-0.4, -0.2) is 71.8 Å². The average molecular weight is 417 g/mol. The lowest BCUT2D eigenvalue weighted by Gasteiger charge is -2.41. The molecule has 9 nitrogen and oxygen atoms in total. The fraction of sp³-hybridized carbons (Fsp3) is 0.500. The zero-order valence-corrected chi connectivity index (χ0v) is 17.0. The number of halogens is 1. The summed E-state index contributed by atoms with van der Waals surface area (Å²) in [5.74, 6) is 0.342. The molecule has 0 aliphatic carbocycles. The van der Waals surface area contributed by atoms with E-state index < -0.39 is 11.4 Å². The number of amides is 1. The van der Waals surface area contributed by atoms with Gasteiger partial charge in [-0.2, -0.15) is 9.37 Å². The van der Waals surface area contributed by atoms with Crippen molar-refractivity contribution in [1.29, 1.82) is 0 Å². The number of carbonyl (C=O) groups is 1. The molecule has 4 heterocycles. The van der Waals surface area contributed by atoms with Crippen molar-refractivity contribution in [3.05, 3.63) is 36.0 Å². The smallest absolute Gasteiger partial charge is 0.255 e. The van der Waals surface area contributed by atoms with Crippen molar-refractivity contribution in [2.45, 2.75) is 25.0 Å². The molecule has 10 heteroatoms. The molecule has 0 saturated carbocycles. The molecule has 0 radical (unpaired) electrons. The number of methoxy groups -OCH3 is 2. The summed E-state index contributed by atoms with van der Waals surface area (Å²) < 4.78 is 30.1.